The Balaban J connectivity index is 2.67. The van der Waals surface area contributed by atoms with Crippen molar-refractivity contribution in [2.75, 3.05) is 13.2 Å². The van der Waals surface area contributed by atoms with Gasteiger partial charge in [-0.05, 0) is 39.8 Å². The van der Waals surface area contributed by atoms with Gasteiger partial charge in [0.1, 0.15) is 11.4 Å². The van der Waals surface area contributed by atoms with E-state index in [1.165, 1.54) is 0 Å². The fourth-order valence-electron chi connectivity index (χ4n) is 1.63. The molecule has 0 bridgehead atoms. The molecule has 0 radical (unpaired) electrons. The first-order valence-corrected chi connectivity index (χ1v) is 7.62. The normalized spacial score (nSPS) is 10.8. The molecule has 0 aliphatic rings. The molecule has 1 N–H and O–H groups in total. The number of hydrogen-bond acceptors (Lipinski definition) is 5. The zero-order valence-electron chi connectivity index (χ0n) is 13.8. The summed E-state index contributed by atoms with van der Waals surface area (Å²) in [5.41, 5.74) is 0.0948. The average Bonchev–Trinajstić information content (AvgIpc) is 2.42. The van der Waals surface area contributed by atoms with Gasteiger partial charge < -0.3 is 19.5 Å². The number of carbonyl (C=O) groups is 2. The van der Waals surface area contributed by atoms with E-state index in [2.05, 4.69) is 5.32 Å². The second kappa shape index (κ2) is 8.62. The van der Waals surface area contributed by atoms with Crippen LogP contribution in [0.3, 0.4) is 0 Å². The standard InChI is InChI=1S/C16H22ClNO5/c1-5-21-14(19)10-22-13-8-12(17)7-6-11(13)9-18-15(20)23-16(2,3)4/h6-8H,5,9-10H2,1-4H3,(H,18,20). The average molecular weight is 344 g/mol. The Morgan fingerprint density at radius 3 is 2.57 bits per heavy atom. The summed E-state index contributed by atoms with van der Waals surface area (Å²) >= 11 is 5.93. The second-order valence-electron chi connectivity index (χ2n) is 5.70. The molecular formula is C16H22ClNO5. The number of ether oxygens (including phenoxy) is 3. The quantitative estimate of drug-likeness (QED) is 0.802. The van der Waals surface area contributed by atoms with Gasteiger partial charge in [-0.25, -0.2) is 9.59 Å². The Morgan fingerprint density at radius 1 is 1.26 bits per heavy atom. The molecule has 0 unspecified atom stereocenters. The lowest BCUT2D eigenvalue weighted by molar-refractivity contribution is -0.145. The summed E-state index contributed by atoms with van der Waals surface area (Å²) in [5.74, 6) is -0.0693. The topological polar surface area (TPSA) is 73.9 Å². The molecule has 0 aromatic heterocycles. The number of halogens is 1. The maximum atomic E-state index is 11.7. The number of hydrogen-bond donors (Lipinski definition) is 1. The van der Waals surface area contributed by atoms with Crippen LogP contribution in [0.4, 0.5) is 4.79 Å². The van der Waals surface area contributed by atoms with Crippen LogP contribution in [0.1, 0.15) is 33.3 Å². The van der Waals surface area contributed by atoms with Gasteiger partial charge in [0.15, 0.2) is 6.61 Å². The summed E-state index contributed by atoms with van der Waals surface area (Å²) in [6.45, 7) is 7.30. The first-order chi connectivity index (χ1) is 10.7. The maximum absolute atomic E-state index is 11.7. The zero-order valence-corrected chi connectivity index (χ0v) is 14.5. The van der Waals surface area contributed by atoms with Crippen molar-refractivity contribution in [1.82, 2.24) is 5.32 Å². The van der Waals surface area contributed by atoms with E-state index in [1.54, 1.807) is 45.9 Å². The molecule has 1 aromatic rings. The molecule has 0 saturated heterocycles. The largest absolute Gasteiger partial charge is 0.481 e. The van der Waals surface area contributed by atoms with Gasteiger partial charge in [0, 0.05) is 17.1 Å². The highest BCUT2D eigenvalue weighted by Crippen LogP contribution is 2.23. The molecule has 0 heterocycles. The molecule has 1 amide bonds. The predicted octanol–water partition coefficient (Wildman–Crippen LogP) is 3.31. The van der Waals surface area contributed by atoms with Crippen LogP contribution in [-0.2, 0) is 20.8 Å². The number of amides is 1. The minimum Gasteiger partial charge on any atom is -0.481 e. The van der Waals surface area contributed by atoms with Crippen LogP contribution in [0, 0.1) is 0 Å². The van der Waals surface area contributed by atoms with Gasteiger partial charge in [0.05, 0.1) is 6.61 Å². The van der Waals surface area contributed by atoms with E-state index in [9.17, 15) is 9.59 Å². The van der Waals surface area contributed by atoms with E-state index < -0.39 is 17.7 Å². The monoisotopic (exact) mass is 343 g/mol. The van der Waals surface area contributed by atoms with E-state index in [1.807, 2.05) is 0 Å². The molecule has 6 nitrogen and oxygen atoms in total. The lowest BCUT2D eigenvalue weighted by Crippen LogP contribution is -2.32. The molecule has 128 valence electrons. The van der Waals surface area contributed by atoms with Gasteiger partial charge in [-0.3, -0.25) is 0 Å². The van der Waals surface area contributed by atoms with Crippen molar-refractivity contribution in [2.45, 2.75) is 39.8 Å². The first kappa shape index (κ1) is 19.1. The van der Waals surface area contributed by atoms with Crippen molar-refractivity contribution >= 4 is 23.7 Å². The van der Waals surface area contributed by atoms with Crippen LogP contribution < -0.4 is 10.1 Å². The molecule has 0 atom stereocenters. The number of rotatable bonds is 6. The third-order valence-electron chi connectivity index (χ3n) is 2.50. The van der Waals surface area contributed by atoms with Crippen LogP contribution in [0.2, 0.25) is 5.02 Å². The third kappa shape index (κ3) is 7.74. The molecule has 1 rings (SSSR count). The molecule has 7 heteroatoms. The predicted molar refractivity (Wildman–Crippen MR) is 86.7 cm³/mol. The summed E-state index contributed by atoms with van der Waals surface area (Å²) in [5, 5.41) is 3.09. The third-order valence-corrected chi connectivity index (χ3v) is 2.74. The summed E-state index contributed by atoms with van der Waals surface area (Å²) in [7, 11) is 0. The molecule has 0 spiro atoms. The van der Waals surface area contributed by atoms with Crippen molar-refractivity contribution in [2.24, 2.45) is 0 Å². The summed E-state index contributed by atoms with van der Waals surface area (Å²) in [6, 6.07) is 4.96. The van der Waals surface area contributed by atoms with E-state index >= 15 is 0 Å². The fraction of sp³-hybridized carbons (Fsp3) is 0.500. The number of esters is 1. The van der Waals surface area contributed by atoms with Crippen LogP contribution in [0.15, 0.2) is 18.2 Å². The van der Waals surface area contributed by atoms with Crippen molar-refractivity contribution < 1.29 is 23.8 Å². The number of benzene rings is 1. The Hall–Kier alpha value is -1.95. The van der Waals surface area contributed by atoms with Crippen LogP contribution >= 0.6 is 11.6 Å². The molecular weight excluding hydrogens is 322 g/mol. The van der Waals surface area contributed by atoms with Crippen molar-refractivity contribution in [3.05, 3.63) is 28.8 Å². The summed E-state index contributed by atoms with van der Waals surface area (Å²) < 4.78 is 15.4. The molecule has 0 saturated carbocycles. The molecule has 0 fully saturated rings. The number of alkyl carbamates (subject to hydrolysis) is 1. The molecule has 0 aliphatic heterocycles. The Labute approximate surface area is 141 Å². The smallest absolute Gasteiger partial charge is 0.407 e. The zero-order chi connectivity index (χ0) is 17.5. The second-order valence-corrected chi connectivity index (χ2v) is 6.14. The lowest BCUT2D eigenvalue weighted by atomic mass is 10.2. The minimum absolute atomic E-state index is 0.185. The summed E-state index contributed by atoms with van der Waals surface area (Å²) in [6.07, 6.45) is -0.538. The van der Waals surface area contributed by atoms with E-state index in [-0.39, 0.29) is 19.8 Å². The number of nitrogens with one attached hydrogen (secondary N) is 1. The van der Waals surface area contributed by atoms with Gasteiger partial charge >= 0.3 is 12.1 Å². The maximum Gasteiger partial charge on any atom is 0.407 e. The lowest BCUT2D eigenvalue weighted by Gasteiger charge is -2.20. The Kier molecular flexibility index (Phi) is 7.16. The Morgan fingerprint density at radius 2 is 1.96 bits per heavy atom. The van der Waals surface area contributed by atoms with E-state index in [0.717, 1.165) is 0 Å². The highest BCUT2D eigenvalue weighted by atomic mass is 35.5. The van der Waals surface area contributed by atoms with Crippen LogP contribution in [0.5, 0.6) is 5.75 Å². The molecule has 23 heavy (non-hydrogen) atoms. The van der Waals surface area contributed by atoms with Gasteiger partial charge in [0.25, 0.3) is 0 Å². The highest BCUT2D eigenvalue weighted by molar-refractivity contribution is 6.30. The Bertz CT molecular complexity index is 554. The summed E-state index contributed by atoms with van der Waals surface area (Å²) in [4.78, 5) is 23.1. The van der Waals surface area contributed by atoms with Gasteiger partial charge in [0.2, 0.25) is 0 Å². The van der Waals surface area contributed by atoms with Gasteiger partial charge in [-0.1, -0.05) is 17.7 Å². The van der Waals surface area contributed by atoms with Crippen LogP contribution in [-0.4, -0.2) is 30.9 Å². The molecule has 1 aromatic carbocycles. The van der Waals surface area contributed by atoms with Gasteiger partial charge in [-0.2, -0.15) is 0 Å². The SMILES string of the molecule is CCOC(=O)COc1cc(Cl)ccc1CNC(=O)OC(C)(C)C. The van der Waals surface area contributed by atoms with Crippen LogP contribution in [0.25, 0.3) is 0 Å². The van der Waals surface area contributed by atoms with Crippen molar-refractivity contribution in [3.63, 3.8) is 0 Å². The van der Waals surface area contributed by atoms with Crippen molar-refractivity contribution in [3.8, 4) is 5.75 Å². The minimum atomic E-state index is -0.576. The molecule has 0 aliphatic carbocycles. The number of carbonyl (C=O) groups excluding carboxylic acids is 2. The van der Waals surface area contributed by atoms with E-state index in [0.29, 0.717) is 16.3 Å². The first-order valence-electron chi connectivity index (χ1n) is 7.25. The fourth-order valence-corrected chi connectivity index (χ4v) is 1.79. The van der Waals surface area contributed by atoms with Crippen molar-refractivity contribution in [1.29, 1.82) is 0 Å². The highest BCUT2D eigenvalue weighted by Gasteiger charge is 2.16. The van der Waals surface area contributed by atoms with Gasteiger partial charge in [-0.15, -0.1) is 0 Å². The van der Waals surface area contributed by atoms with E-state index in [4.69, 9.17) is 25.8 Å².